The standard InChI is InChI=1S/C21H24N8O6/c22-21-28-17-16(19(33)29-21)26-13(10-25-17)9-24-12-3-1-11(2-4-12)18(32)27-14(20(34)35)5-6-15(31)23-7-8-30/h1-4,10,14,24,30H,5-9H2,(H,23,31)(H,27,32)(H,34,35)(H3,22,25,28,29,33)/t14-/m0/s1. The number of carbonyl (C=O) groups is 3. The topological polar surface area (TPSA) is 225 Å². The van der Waals surface area contributed by atoms with Crippen molar-refractivity contribution < 1.29 is 24.6 Å². The average Bonchev–Trinajstić information content (AvgIpc) is 2.84. The van der Waals surface area contributed by atoms with E-state index in [2.05, 4.69) is 35.9 Å². The van der Waals surface area contributed by atoms with Gasteiger partial charge >= 0.3 is 5.97 Å². The largest absolute Gasteiger partial charge is 0.480 e. The van der Waals surface area contributed by atoms with Crippen LogP contribution in [0.5, 0.6) is 0 Å². The van der Waals surface area contributed by atoms with Crippen LogP contribution in [0.4, 0.5) is 11.6 Å². The van der Waals surface area contributed by atoms with E-state index in [1.54, 1.807) is 12.1 Å². The number of hydrogen-bond acceptors (Lipinski definition) is 10. The zero-order valence-corrected chi connectivity index (χ0v) is 18.4. The van der Waals surface area contributed by atoms with Gasteiger partial charge in [0, 0.05) is 24.2 Å². The molecule has 0 radical (unpaired) electrons. The van der Waals surface area contributed by atoms with E-state index in [9.17, 15) is 24.3 Å². The highest BCUT2D eigenvalue weighted by Crippen LogP contribution is 2.12. The van der Waals surface area contributed by atoms with Crippen molar-refractivity contribution in [2.75, 3.05) is 24.2 Å². The molecule has 0 saturated heterocycles. The summed E-state index contributed by atoms with van der Waals surface area (Å²) in [5, 5.41) is 25.9. The molecule has 0 spiro atoms. The number of nitrogens with one attached hydrogen (secondary N) is 4. The summed E-state index contributed by atoms with van der Waals surface area (Å²) in [5.41, 5.74) is 6.53. The third-order valence-corrected chi connectivity index (χ3v) is 4.80. The van der Waals surface area contributed by atoms with E-state index < -0.39 is 29.4 Å². The van der Waals surface area contributed by atoms with Crippen molar-refractivity contribution in [3.63, 3.8) is 0 Å². The number of nitrogen functional groups attached to an aromatic ring is 1. The fraction of sp³-hybridized carbons (Fsp3) is 0.286. The summed E-state index contributed by atoms with van der Waals surface area (Å²) in [4.78, 5) is 62.0. The highest BCUT2D eigenvalue weighted by Gasteiger charge is 2.21. The smallest absolute Gasteiger partial charge is 0.326 e. The van der Waals surface area contributed by atoms with Crippen molar-refractivity contribution in [3.8, 4) is 0 Å². The van der Waals surface area contributed by atoms with Crippen LogP contribution in [0.2, 0.25) is 0 Å². The molecule has 0 aliphatic carbocycles. The molecular weight excluding hydrogens is 460 g/mol. The first-order valence-electron chi connectivity index (χ1n) is 10.5. The van der Waals surface area contributed by atoms with Gasteiger partial charge in [0.25, 0.3) is 11.5 Å². The second-order valence-corrected chi connectivity index (χ2v) is 7.39. The number of fused-ring (bicyclic) bond motifs is 1. The Bertz CT molecular complexity index is 1280. The number of amides is 2. The van der Waals surface area contributed by atoms with Crippen LogP contribution in [0.15, 0.2) is 35.3 Å². The van der Waals surface area contributed by atoms with Crippen molar-refractivity contribution in [2.24, 2.45) is 0 Å². The van der Waals surface area contributed by atoms with Crippen LogP contribution in [0.1, 0.15) is 28.9 Å². The van der Waals surface area contributed by atoms with Crippen molar-refractivity contribution in [1.29, 1.82) is 0 Å². The predicted octanol–water partition coefficient (Wildman–Crippen LogP) is -1.02. The zero-order chi connectivity index (χ0) is 25.4. The Hall–Kier alpha value is -4.59. The molecule has 2 heterocycles. The summed E-state index contributed by atoms with van der Waals surface area (Å²) in [6.07, 6.45) is 1.24. The first-order valence-corrected chi connectivity index (χ1v) is 10.5. The molecule has 1 aromatic carbocycles. The van der Waals surface area contributed by atoms with Gasteiger partial charge in [-0.25, -0.2) is 14.8 Å². The Balaban J connectivity index is 1.57. The Labute approximate surface area is 198 Å². The van der Waals surface area contributed by atoms with Gasteiger partial charge in [-0.05, 0) is 30.7 Å². The minimum Gasteiger partial charge on any atom is -0.480 e. The lowest BCUT2D eigenvalue weighted by Crippen LogP contribution is -2.41. The van der Waals surface area contributed by atoms with Gasteiger partial charge < -0.3 is 31.9 Å². The maximum atomic E-state index is 12.5. The predicted molar refractivity (Wildman–Crippen MR) is 124 cm³/mol. The quantitative estimate of drug-likeness (QED) is 0.174. The number of carboxylic acids is 1. The van der Waals surface area contributed by atoms with E-state index in [1.807, 2.05) is 0 Å². The number of aromatic nitrogens is 4. The average molecular weight is 484 g/mol. The fourth-order valence-corrected chi connectivity index (χ4v) is 3.05. The molecule has 3 aromatic rings. The minimum atomic E-state index is -1.26. The molecule has 0 unspecified atom stereocenters. The molecule has 184 valence electrons. The molecule has 0 aliphatic rings. The van der Waals surface area contributed by atoms with E-state index in [1.165, 1.54) is 18.3 Å². The number of aliphatic carboxylic acids is 1. The number of H-pyrrole nitrogens is 1. The first-order chi connectivity index (χ1) is 16.8. The zero-order valence-electron chi connectivity index (χ0n) is 18.4. The minimum absolute atomic E-state index is 0.0509. The van der Waals surface area contributed by atoms with Crippen LogP contribution in [0, 0.1) is 0 Å². The molecule has 1 atom stereocenters. The van der Waals surface area contributed by atoms with Crippen LogP contribution < -0.4 is 27.2 Å². The number of anilines is 2. The molecule has 3 rings (SSSR count). The molecule has 0 aliphatic heterocycles. The van der Waals surface area contributed by atoms with Crippen LogP contribution in [-0.2, 0) is 16.1 Å². The molecule has 14 heteroatoms. The number of hydrogen-bond donors (Lipinski definition) is 7. The molecule has 2 aromatic heterocycles. The van der Waals surface area contributed by atoms with Crippen LogP contribution in [-0.4, -0.2) is 67.1 Å². The lowest BCUT2D eigenvalue weighted by atomic mass is 10.1. The van der Waals surface area contributed by atoms with Crippen LogP contribution in [0.3, 0.4) is 0 Å². The van der Waals surface area contributed by atoms with Crippen molar-refractivity contribution in [1.82, 2.24) is 30.6 Å². The number of aliphatic hydroxyl groups excluding tert-OH is 1. The fourth-order valence-electron chi connectivity index (χ4n) is 3.05. The monoisotopic (exact) mass is 484 g/mol. The Morgan fingerprint density at radius 2 is 1.89 bits per heavy atom. The van der Waals surface area contributed by atoms with Crippen molar-refractivity contribution in [2.45, 2.75) is 25.4 Å². The number of carboxylic acid groups (broad SMARTS) is 1. The van der Waals surface area contributed by atoms with Crippen LogP contribution in [0.25, 0.3) is 11.2 Å². The van der Waals surface area contributed by atoms with Gasteiger partial charge in [-0.15, -0.1) is 0 Å². The molecular formula is C21H24N8O6. The summed E-state index contributed by atoms with van der Waals surface area (Å²) in [7, 11) is 0. The number of aromatic amines is 1. The van der Waals surface area contributed by atoms with Gasteiger partial charge in [-0.3, -0.25) is 19.4 Å². The van der Waals surface area contributed by atoms with E-state index in [0.29, 0.717) is 11.4 Å². The normalized spacial score (nSPS) is 11.6. The summed E-state index contributed by atoms with van der Waals surface area (Å²) in [6.45, 7) is 0.0807. The van der Waals surface area contributed by atoms with Gasteiger partial charge in [0.15, 0.2) is 11.2 Å². The number of aliphatic hydroxyl groups is 1. The maximum absolute atomic E-state index is 12.5. The van der Waals surface area contributed by atoms with E-state index >= 15 is 0 Å². The van der Waals surface area contributed by atoms with Crippen molar-refractivity contribution in [3.05, 3.63) is 52.1 Å². The van der Waals surface area contributed by atoms with Gasteiger partial charge in [0.2, 0.25) is 11.9 Å². The molecule has 8 N–H and O–H groups in total. The summed E-state index contributed by atoms with van der Waals surface area (Å²) in [6, 6.07) is 5.01. The molecule has 35 heavy (non-hydrogen) atoms. The Morgan fingerprint density at radius 1 is 1.14 bits per heavy atom. The number of rotatable bonds is 11. The number of nitrogens with two attached hydrogens (primary N) is 1. The molecule has 0 fully saturated rings. The number of benzene rings is 1. The second-order valence-electron chi connectivity index (χ2n) is 7.39. The van der Waals surface area contributed by atoms with Crippen LogP contribution >= 0.6 is 0 Å². The number of carbonyl (C=O) groups excluding carboxylic acids is 2. The highest BCUT2D eigenvalue weighted by atomic mass is 16.4. The molecule has 14 nitrogen and oxygen atoms in total. The maximum Gasteiger partial charge on any atom is 0.326 e. The third-order valence-electron chi connectivity index (χ3n) is 4.80. The van der Waals surface area contributed by atoms with E-state index in [-0.39, 0.29) is 55.2 Å². The lowest BCUT2D eigenvalue weighted by Gasteiger charge is -2.15. The van der Waals surface area contributed by atoms with E-state index in [4.69, 9.17) is 10.8 Å². The second kappa shape index (κ2) is 11.5. The first kappa shape index (κ1) is 25.0. The van der Waals surface area contributed by atoms with E-state index in [0.717, 1.165) is 0 Å². The van der Waals surface area contributed by atoms with Crippen molar-refractivity contribution >= 4 is 40.6 Å². The highest BCUT2D eigenvalue weighted by molar-refractivity contribution is 5.97. The molecule has 0 saturated carbocycles. The summed E-state index contributed by atoms with van der Waals surface area (Å²) >= 11 is 0. The Morgan fingerprint density at radius 3 is 2.57 bits per heavy atom. The molecule has 2 amide bonds. The number of nitrogens with zero attached hydrogens (tertiary/aromatic N) is 3. The SMILES string of the molecule is Nc1nc2ncc(CNc3ccc(C(=O)N[C@@H](CCC(=O)NCCO)C(=O)O)cc3)nc2c(=O)[nH]1. The van der Waals surface area contributed by atoms with Gasteiger partial charge in [0.05, 0.1) is 25.0 Å². The molecule has 0 bridgehead atoms. The lowest BCUT2D eigenvalue weighted by molar-refractivity contribution is -0.139. The summed E-state index contributed by atoms with van der Waals surface area (Å²) < 4.78 is 0. The summed E-state index contributed by atoms with van der Waals surface area (Å²) in [5.74, 6) is -2.34. The van der Waals surface area contributed by atoms with Gasteiger partial charge in [-0.2, -0.15) is 4.98 Å². The van der Waals surface area contributed by atoms with Gasteiger partial charge in [0.1, 0.15) is 6.04 Å². The van der Waals surface area contributed by atoms with Gasteiger partial charge in [-0.1, -0.05) is 0 Å². The Kier molecular flexibility index (Phi) is 8.24. The third kappa shape index (κ3) is 6.94.